The molecule has 0 unspecified atom stereocenters. The number of carbonyl (C=O) groups excluding carboxylic acids is 1. The van der Waals surface area contributed by atoms with Crippen LogP contribution in [0.25, 0.3) is 11.0 Å². The first-order valence-electron chi connectivity index (χ1n) is 8.16. The average Bonchev–Trinajstić information content (AvgIpc) is 2.88. The predicted molar refractivity (Wildman–Crippen MR) is 93.9 cm³/mol. The van der Waals surface area contributed by atoms with Crippen LogP contribution in [-0.2, 0) is 13.6 Å². The maximum absolute atomic E-state index is 13.0. The fraction of sp³-hybridized carbons (Fsp3) is 0.263. The number of rotatable bonds is 2. The first kappa shape index (κ1) is 15.5. The van der Waals surface area contributed by atoms with Gasteiger partial charge >= 0.3 is 0 Å². The summed E-state index contributed by atoms with van der Waals surface area (Å²) in [6, 6.07) is 11.3. The molecule has 0 saturated heterocycles. The van der Waals surface area contributed by atoms with Crippen molar-refractivity contribution >= 4 is 16.9 Å². The number of aromatic nitrogens is 2. The van der Waals surface area contributed by atoms with Crippen molar-refractivity contribution in [3.8, 4) is 11.5 Å². The minimum atomic E-state index is -0.0215. The van der Waals surface area contributed by atoms with Gasteiger partial charge in [-0.25, -0.2) is 4.98 Å². The molecule has 2 aromatic carbocycles. The van der Waals surface area contributed by atoms with E-state index >= 15 is 0 Å². The molecule has 0 saturated carbocycles. The molecule has 0 spiro atoms. The number of carbonyl (C=O) groups is 1. The van der Waals surface area contributed by atoms with E-state index in [1.54, 1.807) is 18.3 Å². The molecule has 6 heteroatoms. The first-order valence-corrected chi connectivity index (χ1v) is 8.16. The molecule has 3 aromatic rings. The van der Waals surface area contributed by atoms with Crippen LogP contribution in [0.1, 0.15) is 15.9 Å². The third-order valence-corrected chi connectivity index (χ3v) is 4.51. The second kappa shape index (κ2) is 6.12. The van der Waals surface area contributed by atoms with E-state index < -0.39 is 0 Å². The summed E-state index contributed by atoms with van der Waals surface area (Å²) in [4.78, 5) is 19.1. The van der Waals surface area contributed by atoms with Crippen molar-refractivity contribution in [3.05, 3.63) is 53.9 Å². The Hall–Kier alpha value is -3.02. The molecule has 6 nitrogen and oxygen atoms in total. The first-order chi connectivity index (χ1) is 12.2. The van der Waals surface area contributed by atoms with Crippen molar-refractivity contribution in [2.45, 2.75) is 6.54 Å². The van der Waals surface area contributed by atoms with Gasteiger partial charge in [-0.2, -0.15) is 0 Å². The standard InChI is InChI=1S/C19H19N3O3/c1-21-12-20-16-10-13(3-5-17(16)21)19(23)22-7-8-25-18-6-4-15(24-2)9-14(18)11-22/h3-6,9-10,12H,7-8,11H2,1-2H3. The van der Waals surface area contributed by atoms with E-state index in [4.69, 9.17) is 9.47 Å². The topological polar surface area (TPSA) is 56.6 Å². The van der Waals surface area contributed by atoms with Gasteiger partial charge in [0, 0.05) is 24.7 Å². The molecule has 0 N–H and O–H groups in total. The fourth-order valence-electron chi connectivity index (χ4n) is 3.12. The third kappa shape index (κ3) is 2.80. The number of nitrogens with zero attached hydrogens (tertiary/aromatic N) is 3. The summed E-state index contributed by atoms with van der Waals surface area (Å²) in [6.45, 7) is 1.50. The Balaban J connectivity index is 1.64. The van der Waals surface area contributed by atoms with Crippen molar-refractivity contribution in [2.75, 3.05) is 20.3 Å². The summed E-state index contributed by atoms with van der Waals surface area (Å²) in [5, 5.41) is 0. The van der Waals surface area contributed by atoms with Crippen molar-refractivity contribution < 1.29 is 14.3 Å². The summed E-state index contributed by atoms with van der Waals surface area (Å²) in [6.07, 6.45) is 1.75. The molecule has 1 amide bonds. The van der Waals surface area contributed by atoms with Gasteiger partial charge in [0.05, 0.1) is 31.0 Å². The smallest absolute Gasteiger partial charge is 0.254 e. The third-order valence-electron chi connectivity index (χ3n) is 4.51. The van der Waals surface area contributed by atoms with Crippen LogP contribution in [0.2, 0.25) is 0 Å². The minimum absolute atomic E-state index is 0.0215. The highest BCUT2D eigenvalue weighted by Gasteiger charge is 2.22. The average molecular weight is 337 g/mol. The Morgan fingerprint density at radius 3 is 2.96 bits per heavy atom. The number of imidazole rings is 1. The Morgan fingerprint density at radius 1 is 1.24 bits per heavy atom. The number of methoxy groups -OCH3 is 1. The molecule has 0 atom stereocenters. The van der Waals surface area contributed by atoms with Crippen LogP contribution < -0.4 is 9.47 Å². The monoisotopic (exact) mass is 337 g/mol. The number of fused-ring (bicyclic) bond motifs is 2. The summed E-state index contributed by atoms with van der Waals surface area (Å²) in [5.74, 6) is 1.54. The summed E-state index contributed by atoms with van der Waals surface area (Å²) < 4.78 is 13.0. The van der Waals surface area contributed by atoms with E-state index in [2.05, 4.69) is 4.98 Å². The van der Waals surface area contributed by atoms with E-state index in [-0.39, 0.29) is 5.91 Å². The number of hydrogen-bond acceptors (Lipinski definition) is 4. The molecule has 0 radical (unpaired) electrons. The highest BCUT2D eigenvalue weighted by atomic mass is 16.5. The summed E-state index contributed by atoms with van der Waals surface area (Å²) in [7, 11) is 3.57. The van der Waals surface area contributed by atoms with Gasteiger partial charge in [-0.15, -0.1) is 0 Å². The molecule has 0 bridgehead atoms. The van der Waals surface area contributed by atoms with Crippen LogP contribution in [0.15, 0.2) is 42.7 Å². The lowest BCUT2D eigenvalue weighted by molar-refractivity contribution is 0.0733. The zero-order valence-corrected chi connectivity index (χ0v) is 14.2. The minimum Gasteiger partial charge on any atom is -0.497 e. The van der Waals surface area contributed by atoms with Gasteiger partial charge in [-0.1, -0.05) is 0 Å². The lowest BCUT2D eigenvalue weighted by atomic mass is 10.1. The lowest BCUT2D eigenvalue weighted by Gasteiger charge is -2.20. The Morgan fingerprint density at radius 2 is 2.12 bits per heavy atom. The maximum Gasteiger partial charge on any atom is 0.254 e. The second-order valence-electron chi connectivity index (χ2n) is 6.11. The summed E-state index contributed by atoms with van der Waals surface area (Å²) >= 11 is 0. The van der Waals surface area contributed by atoms with Crippen molar-refractivity contribution in [3.63, 3.8) is 0 Å². The molecule has 1 aromatic heterocycles. The number of aryl methyl sites for hydroxylation is 1. The highest BCUT2D eigenvalue weighted by molar-refractivity contribution is 5.97. The number of amides is 1. The number of ether oxygens (including phenoxy) is 2. The molecule has 4 rings (SSSR count). The van der Waals surface area contributed by atoms with Crippen LogP contribution in [0.5, 0.6) is 11.5 Å². The second-order valence-corrected chi connectivity index (χ2v) is 6.11. The summed E-state index contributed by atoms with van der Waals surface area (Å²) in [5.41, 5.74) is 3.41. The van der Waals surface area contributed by atoms with Crippen molar-refractivity contribution in [1.29, 1.82) is 0 Å². The van der Waals surface area contributed by atoms with Crippen LogP contribution >= 0.6 is 0 Å². The molecule has 1 aliphatic rings. The Bertz CT molecular complexity index is 948. The van der Waals surface area contributed by atoms with Gasteiger partial charge in [-0.3, -0.25) is 4.79 Å². The van der Waals surface area contributed by atoms with E-state index in [1.807, 2.05) is 48.0 Å². The van der Waals surface area contributed by atoms with E-state index in [9.17, 15) is 4.79 Å². The zero-order valence-electron chi connectivity index (χ0n) is 14.2. The molecule has 1 aliphatic heterocycles. The quantitative estimate of drug-likeness (QED) is 0.721. The SMILES string of the molecule is COc1ccc2c(c1)CN(C(=O)c1ccc3c(c1)ncn3C)CCO2. The largest absolute Gasteiger partial charge is 0.497 e. The molecule has 128 valence electrons. The molecular weight excluding hydrogens is 318 g/mol. The van der Waals surface area contributed by atoms with Crippen LogP contribution in [0.4, 0.5) is 0 Å². The van der Waals surface area contributed by atoms with E-state index in [0.717, 1.165) is 28.1 Å². The van der Waals surface area contributed by atoms with Crippen LogP contribution in [0, 0.1) is 0 Å². The Labute approximate surface area is 145 Å². The van der Waals surface area contributed by atoms with Gasteiger partial charge in [0.2, 0.25) is 0 Å². The highest BCUT2D eigenvalue weighted by Crippen LogP contribution is 2.28. The van der Waals surface area contributed by atoms with E-state index in [0.29, 0.717) is 25.3 Å². The molecule has 2 heterocycles. The van der Waals surface area contributed by atoms with Crippen molar-refractivity contribution in [1.82, 2.24) is 14.5 Å². The lowest BCUT2D eigenvalue weighted by Crippen LogP contribution is -2.32. The van der Waals surface area contributed by atoms with Crippen LogP contribution in [0.3, 0.4) is 0 Å². The van der Waals surface area contributed by atoms with Crippen LogP contribution in [-0.4, -0.2) is 40.6 Å². The fourth-order valence-corrected chi connectivity index (χ4v) is 3.12. The zero-order chi connectivity index (χ0) is 17.4. The van der Waals surface area contributed by atoms with Gasteiger partial charge in [-0.05, 0) is 36.4 Å². The van der Waals surface area contributed by atoms with Gasteiger partial charge in [0.25, 0.3) is 5.91 Å². The van der Waals surface area contributed by atoms with Gasteiger partial charge in [0.15, 0.2) is 0 Å². The number of benzene rings is 2. The normalized spacial score (nSPS) is 13.9. The molecule has 25 heavy (non-hydrogen) atoms. The number of hydrogen-bond donors (Lipinski definition) is 0. The Kier molecular flexibility index (Phi) is 3.80. The molecule has 0 aliphatic carbocycles. The van der Waals surface area contributed by atoms with E-state index in [1.165, 1.54) is 0 Å². The predicted octanol–water partition coefficient (Wildman–Crippen LogP) is 2.62. The molecular formula is C19H19N3O3. The van der Waals surface area contributed by atoms with Gasteiger partial charge in [0.1, 0.15) is 18.1 Å². The van der Waals surface area contributed by atoms with Gasteiger partial charge < -0.3 is 18.9 Å². The van der Waals surface area contributed by atoms with Crippen molar-refractivity contribution in [2.24, 2.45) is 7.05 Å². The molecule has 0 fully saturated rings. The maximum atomic E-state index is 13.0.